The van der Waals surface area contributed by atoms with Gasteiger partial charge in [0.1, 0.15) is 0 Å². The third kappa shape index (κ3) is 3.78. The Morgan fingerprint density at radius 1 is 1.17 bits per heavy atom. The fraction of sp³-hybridized carbons (Fsp3) is 0.571. The van der Waals surface area contributed by atoms with Crippen LogP contribution in [0.25, 0.3) is 0 Å². The topological polar surface area (TPSA) is 56.5 Å². The molecule has 0 saturated heterocycles. The Morgan fingerprint density at radius 2 is 1.78 bits per heavy atom. The van der Waals surface area contributed by atoms with Crippen molar-refractivity contribution in [3.63, 3.8) is 0 Å². The highest BCUT2D eigenvalue weighted by Gasteiger charge is 2.24. The number of nitrogens with one attached hydrogen (secondary N) is 1. The molecule has 1 unspecified atom stereocenters. The average Bonchev–Trinajstić information content (AvgIpc) is 2.35. The van der Waals surface area contributed by atoms with Gasteiger partial charge >= 0.3 is 0 Å². The molecule has 4 nitrogen and oxygen atoms in total. The minimum absolute atomic E-state index is 0.162. The van der Waals surface area contributed by atoms with Crippen LogP contribution in [0.5, 0.6) is 0 Å². The van der Waals surface area contributed by atoms with Gasteiger partial charge in [-0.15, -0.1) is 0 Å². The number of hydrogen-bond acceptors (Lipinski definition) is 4. The summed E-state index contributed by atoms with van der Waals surface area (Å²) in [6.45, 7) is 9.20. The zero-order chi connectivity index (χ0) is 13.5. The summed E-state index contributed by atoms with van der Waals surface area (Å²) >= 11 is 0. The molecule has 0 amide bonds. The Hall–Kier alpha value is -0.940. The summed E-state index contributed by atoms with van der Waals surface area (Å²) in [5.74, 6) is 5.68. The number of ether oxygens (including phenoxy) is 2. The van der Waals surface area contributed by atoms with E-state index in [1.54, 1.807) is 0 Å². The molecule has 0 radical (unpaired) electrons. The normalized spacial score (nSPS) is 13.0. The SMILES string of the molecule is CCOC(OCC)C(NN)c1cc(C)ccc1C. The van der Waals surface area contributed by atoms with Crippen LogP contribution < -0.4 is 11.3 Å². The summed E-state index contributed by atoms with van der Waals surface area (Å²) in [6.07, 6.45) is -0.370. The molecule has 0 heterocycles. The predicted molar refractivity (Wildman–Crippen MR) is 73.0 cm³/mol. The van der Waals surface area contributed by atoms with Gasteiger partial charge in [0.25, 0.3) is 0 Å². The van der Waals surface area contributed by atoms with Gasteiger partial charge in [0.2, 0.25) is 0 Å². The van der Waals surface area contributed by atoms with Gasteiger partial charge in [0.15, 0.2) is 6.29 Å². The van der Waals surface area contributed by atoms with Crippen molar-refractivity contribution >= 4 is 0 Å². The van der Waals surface area contributed by atoms with E-state index >= 15 is 0 Å². The molecule has 3 N–H and O–H groups in total. The first-order chi connectivity index (χ1) is 8.63. The van der Waals surface area contributed by atoms with E-state index in [9.17, 15) is 0 Å². The van der Waals surface area contributed by atoms with Crippen molar-refractivity contribution in [1.29, 1.82) is 0 Å². The molecule has 0 aliphatic rings. The maximum Gasteiger partial charge on any atom is 0.178 e. The van der Waals surface area contributed by atoms with Crippen molar-refractivity contribution < 1.29 is 9.47 Å². The molecule has 102 valence electrons. The zero-order valence-electron chi connectivity index (χ0n) is 11.7. The zero-order valence-corrected chi connectivity index (χ0v) is 11.7. The van der Waals surface area contributed by atoms with Crippen molar-refractivity contribution in [2.24, 2.45) is 5.84 Å². The van der Waals surface area contributed by atoms with Gasteiger partial charge in [-0.25, -0.2) is 5.43 Å². The lowest BCUT2D eigenvalue weighted by Crippen LogP contribution is -2.40. The standard InChI is InChI=1S/C14H24N2O2/c1-5-17-14(18-6-2)13(16-15)12-9-10(3)7-8-11(12)4/h7-9,13-14,16H,5-6,15H2,1-4H3. The Kier molecular flexibility index (Phi) is 6.29. The van der Waals surface area contributed by atoms with Crippen molar-refractivity contribution in [1.82, 2.24) is 5.43 Å². The molecule has 0 aliphatic heterocycles. The van der Waals surface area contributed by atoms with Crippen LogP contribution >= 0.6 is 0 Å². The Morgan fingerprint density at radius 3 is 2.28 bits per heavy atom. The highest BCUT2D eigenvalue weighted by molar-refractivity contribution is 5.33. The summed E-state index contributed by atoms with van der Waals surface area (Å²) in [7, 11) is 0. The molecule has 1 aromatic carbocycles. The minimum Gasteiger partial charge on any atom is -0.351 e. The molecule has 0 aliphatic carbocycles. The molecule has 1 aromatic rings. The molecular formula is C14H24N2O2. The number of hydrogen-bond donors (Lipinski definition) is 2. The van der Waals surface area contributed by atoms with Crippen LogP contribution in [0.2, 0.25) is 0 Å². The fourth-order valence-corrected chi connectivity index (χ4v) is 1.98. The molecule has 0 aromatic heterocycles. The largest absolute Gasteiger partial charge is 0.351 e. The lowest BCUT2D eigenvalue weighted by molar-refractivity contribution is -0.155. The van der Waals surface area contributed by atoms with E-state index < -0.39 is 0 Å². The summed E-state index contributed by atoms with van der Waals surface area (Å²) in [6, 6.07) is 6.13. The van der Waals surface area contributed by atoms with Crippen LogP contribution in [-0.4, -0.2) is 19.5 Å². The summed E-state index contributed by atoms with van der Waals surface area (Å²) < 4.78 is 11.2. The number of nitrogens with two attached hydrogens (primary N) is 1. The van der Waals surface area contributed by atoms with Gasteiger partial charge < -0.3 is 9.47 Å². The molecule has 18 heavy (non-hydrogen) atoms. The molecule has 0 saturated carbocycles. The highest BCUT2D eigenvalue weighted by atomic mass is 16.7. The van der Waals surface area contributed by atoms with Crippen LogP contribution in [0.1, 0.15) is 36.6 Å². The van der Waals surface area contributed by atoms with E-state index in [0.29, 0.717) is 13.2 Å². The Balaban J connectivity index is 3.01. The second-order valence-electron chi connectivity index (χ2n) is 4.28. The average molecular weight is 252 g/mol. The van der Waals surface area contributed by atoms with E-state index in [2.05, 4.69) is 37.5 Å². The number of benzene rings is 1. The molecule has 0 bridgehead atoms. The molecular weight excluding hydrogens is 228 g/mol. The monoisotopic (exact) mass is 252 g/mol. The van der Waals surface area contributed by atoms with Crippen molar-refractivity contribution in [2.75, 3.05) is 13.2 Å². The third-order valence-corrected chi connectivity index (χ3v) is 2.88. The van der Waals surface area contributed by atoms with Crippen LogP contribution in [0, 0.1) is 13.8 Å². The van der Waals surface area contributed by atoms with Crippen molar-refractivity contribution in [2.45, 2.75) is 40.0 Å². The van der Waals surface area contributed by atoms with Crippen molar-refractivity contribution in [3.05, 3.63) is 34.9 Å². The maximum absolute atomic E-state index is 5.68. The predicted octanol–water partition coefficient (Wildman–Crippen LogP) is 2.21. The minimum atomic E-state index is -0.370. The highest BCUT2D eigenvalue weighted by Crippen LogP contribution is 2.24. The lowest BCUT2D eigenvalue weighted by Gasteiger charge is -2.27. The van der Waals surface area contributed by atoms with Crippen LogP contribution in [0.3, 0.4) is 0 Å². The van der Waals surface area contributed by atoms with E-state index in [1.807, 2.05) is 13.8 Å². The number of hydrazine groups is 1. The molecule has 0 fully saturated rings. The second kappa shape index (κ2) is 7.48. The first kappa shape index (κ1) is 15.1. The van der Waals surface area contributed by atoms with Crippen molar-refractivity contribution in [3.8, 4) is 0 Å². The van der Waals surface area contributed by atoms with Gasteiger partial charge in [-0.05, 0) is 38.8 Å². The second-order valence-corrected chi connectivity index (χ2v) is 4.28. The van der Waals surface area contributed by atoms with Gasteiger partial charge in [-0.1, -0.05) is 23.8 Å². The quantitative estimate of drug-likeness (QED) is 0.444. The summed E-state index contributed by atoms with van der Waals surface area (Å²) in [5, 5.41) is 0. The van der Waals surface area contributed by atoms with Gasteiger partial charge in [-0.3, -0.25) is 5.84 Å². The van der Waals surface area contributed by atoms with Gasteiger partial charge in [0, 0.05) is 13.2 Å². The van der Waals surface area contributed by atoms with Crippen LogP contribution in [0.15, 0.2) is 18.2 Å². The summed E-state index contributed by atoms with van der Waals surface area (Å²) in [4.78, 5) is 0. The smallest absolute Gasteiger partial charge is 0.178 e. The first-order valence-electron chi connectivity index (χ1n) is 6.40. The first-order valence-corrected chi connectivity index (χ1v) is 6.40. The van der Waals surface area contributed by atoms with E-state index in [4.69, 9.17) is 15.3 Å². The lowest BCUT2D eigenvalue weighted by atomic mass is 9.99. The molecule has 4 heteroatoms. The number of rotatable bonds is 7. The Labute approximate surface area is 109 Å². The molecule has 1 atom stereocenters. The summed E-state index contributed by atoms with van der Waals surface area (Å²) in [5.41, 5.74) is 6.29. The van der Waals surface area contributed by atoms with Crippen LogP contribution in [-0.2, 0) is 9.47 Å². The van der Waals surface area contributed by atoms with Gasteiger partial charge in [0.05, 0.1) is 6.04 Å². The van der Waals surface area contributed by atoms with Crippen LogP contribution in [0.4, 0.5) is 0 Å². The fourth-order valence-electron chi connectivity index (χ4n) is 1.98. The van der Waals surface area contributed by atoms with E-state index in [0.717, 1.165) is 5.56 Å². The van der Waals surface area contributed by atoms with Gasteiger partial charge in [-0.2, -0.15) is 0 Å². The maximum atomic E-state index is 5.68. The number of aryl methyl sites for hydroxylation is 2. The Bertz CT molecular complexity index is 363. The van der Waals surface area contributed by atoms with E-state index in [-0.39, 0.29) is 12.3 Å². The molecule has 1 rings (SSSR count). The third-order valence-electron chi connectivity index (χ3n) is 2.88. The van der Waals surface area contributed by atoms with E-state index in [1.165, 1.54) is 11.1 Å². The molecule has 0 spiro atoms.